The minimum absolute atomic E-state index is 0.0411. The van der Waals surface area contributed by atoms with Crippen molar-refractivity contribution in [2.75, 3.05) is 26.2 Å². The van der Waals surface area contributed by atoms with Crippen LogP contribution in [0.1, 0.15) is 20.3 Å². The highest BCUT2D eigenvalue weighted by atomic mass is 35.5. The SMILES string of the molecule is CC(=O)N1CCCN(C(=O)[C@H](C)Oc2ccc(Cl)c(Cl)c2)CC1. The molecule has 1 saturated heterocycles. The fraction of sp³-hybridized carbons (Fsp3) is 0.500. The molecule has 0 N–H and O–H groups in total. The number of carbonyl (C=O) groups is 2. The Kier molecular flexibility index (Phi) is 6.13. The number of amides is 2. The Hall–Kier alpha value is -1.46. The van der Waals surface area contributed by atoms with Crippen molar-refractivity contribution in [1.82, 2.24) is 9.80 Å². The first kappa shape index (κ1) is 17.9. The monoisotopic (exact) mass is 358 g/mol. The van der Waals surface area contributed by atoms with E-state index in [-0.39, 0.29) is 11.8 Å². The van der Waals surface area contributed by atoms with Gasteiger partial charge in [0.2, 0.25) is 5.91 Å². The molecule has 0 unspecified atom stereocenters. The van der Waals surface area contributed by atoms with Gasteiger partial charge in [0.25, 0.3) is 5.91 Å². The van der Waals surface area contributed by atoms with E-state index in [1.165, 1.54) is 0 Å². The maximum Gasteiger partial charge on any atom is 0.263 e. The Labute approximate surface area is 146 Å². The van der Waals surface area contributed by atoms with Gasteiger partial charge in [-0.1, -0.05) is 23.2 Å². The van der Waals surface area contributed by atoms with Crippen LogP contribution < -0.4 is 4.74 Å². The second-order valence-electron chi connectivity index (χ2n) is 5.52. The smallest absolute Gasteiger partial charge is 0.263 e. The fourth-order valence-electron chi connectivity index (χ4n) is 2.51. The number of rotatable bonds is 3. The summed E-state index contributed by atoms with van der Waals surface area (Å²) in [6, 6.07) is 4.90. The molecule has 0 saturated carbocycles. The van der Waals surface area contributed by atoms with Crippen LogP contribution in [0.3, 0.4) is 0 Å². The van der Waals surface area contributed by atoms with Crippen LogP contribution in [-0.2, 0) is 9.59 Å². The average Bonchev–Trinajstić information content (AvgIpc) is 2.76. The third-order valence-corrected chi connectivity index (χ3v) is 4.54. The van der Waals surface area contributed by atoms with E-state index in [4.69, 9.17) is 27.9 Å². The second-order valence-corrected chi connectivity index (χ2v) is 6.34. The molecule has 1 aromatic carbocycles. The summed E-state index contributed by atoms with van der Waals surface area (Å²) in [5, 5.41) is 0.825. The molecule has 1 fully saturated rings. The van der Waals surface area contributed by atoms with Crippen molar-refractivity contribution in [3.05, 3.63) is 28.2 Å². The van der Waals surface area contributed by atoms with Crippen molar-refractivity contribution in [3.63, 3.8) is 0 Å². The normalized spacial score (nSPS) is 16.7. The van der Waals surface area contributed by atoms with E-state index in [0.717, 1.165) is 6.42 Å². The van der Waals surface area contributed by atoms with Crippen LogP contribution in [-0.4, -0.2) is 53.9 Å². The van der Waals surface area contributed by atoms with Crippen molar-refractivity contribution >= 4 is 35.0 Å². The highest BCUT2D eigenvalue weighted by molar-refractivity contribution is 6.42. The molecule has 126 valence electrons. The molecule has 2 amide bonds. The largest absolute Gasteiger partial charge is 0.481 e. The molecule has 1 aliphatic heterocycles. The lowest BCUT2D eigenvalue weighted by molar-refractivity contribution is -0.138. The van der Waals surface area contributed by atoms with Crippen LogP contribution >= 0.6 is 23.2 Å². The molecule has 1 heterocycles. The van der Waals surface area contributed by atoms with Crippen molar-refractivity contribution < 1.29 is 14.3 Å². The van der Waals surface area contributed by atoms with Crippen molar-refractivity contribution in [2.24, 2.45) is 0 Å². The molecule has 1 atom stereocenters. The molecule has 0 aliphatic carbocycles. The number of nitrogens with zero attached hydrogens (tertiary/aromatic N) is 2. The molecular formula is C16H20Cl2N2O3. The van der Waals surface area contributed by atoms with Gasteiger partial charge in [0.05, 0.1) is 10.0 Å². The maximum absolute atomic E-state index is 12.5. The van der Waals surface area contributed by atoms with E-state index < -0.39 is 6.10 Å². The second kappa shape index (κ2) is 7.88. The van der Waals surface area contributed by atoms with Crippen LogP contribution in [0.5, 0.6) is 5.75 Å². The Morgan fingerprint density at radius 3 is 2.39 bits per heavy atom. The van der Waals surface area contributed by atoms with E-state index in [2.05, 4.69) is 0 Å². The number of hydrogen-bond donors (Lipinski definition) is 0. The summed E-state index contributed by atoms with van der Waals surface area (Å²) in [5.41, 5.74) is 0. The van der Waals surface area contributed by atoms with Crippen LogP contribution in [0.2, 0.25) is 10.0 Å². The van der Waals surface area contributed by atoms with Crippen LogP contribution in [0.4, 0.5) is 0 Å². The summed E-state index contributed by atoms with van der Waals surface area (Å²) in [7, 11) is 0. The van der Waals surface area contributed by atoms with Crippen LogP contribution in [0, 0.1) is 0 Å². The molecule has 5 nitrogen and oxygen atoms in total. The summed E-state index contributed by atoms with van der Waals surface area (Å²) < 4.78 is 5.67. The number of ether oxygens (including phenoxy) is 1. The van der Waals surface area contributed by atoms with Gasteiger partial charge in [0.15, 0.2) is 6.10 Å². The Morgan fingerprint density at radius 1 is 1.09 bits per heavy atom. The lowest BCUT2D eigenvalue weighted by Crippen LogP contribution is -2.42. The molecule has 2 rings (SSSR count). The van der Waals surface area contributed by atoms with Gasteiger partial charge >= 0.3 is 0 Å². The fourth-order valence-corrected chi connectivity index (χ4v) is 2.80. The third kappa shape index (κ3) is 4.75. The zero-order valence-electron chi connectivity index (χ0n) is 13.2. The van der Waals surface area contributed by atoms with E-state index in [1.54, 1.807) is 41.8 Å². The van der Waals surface area contributed by atoms with E-state index in [1.807, 2.05) is 0 Å². The molecule has 0 bridgehead atoms. The average molecular weight is 359 g/mol. The lowest BCUT2D eigenvalue weighted by Gasteiger charge is -2.25. The summed E-state index contributed by atoms with van der Waals surface area (Å²) >= 11 is 11.8. The van der Waals surface area contributed by atoms with Crippen LogP contribution in [0.15, 0.2) is 18.2 Å². The van der Waals surface area contributed by atoms with Gasteiger partial charge in [-0.05, 0) is 25.5 Å². The predicted octanol–water partition coefficient (Wildman–Crippen LogP) is 2.84. The van der Waals surface area contributed by atoms with Gasteiger partial charge in [0.1, 0.15) is 5.75 Å². The Balaban J connectivity index is 1.96. The number of hydrogen-bond acceptors (Lipinski definition) is 3. The summed E-state index contributed by atoms with van der Waals surface area (Å²) in [4.78, 5) is 27.5. The van der Waals surface area contributed by atoms with E-state index in [0.29, 0.717) is 42.0 Å². The van der Waals surface area contributed by atoms with Crippen molar-refractivity contribution in [3.8, 4) is 5.75 Å². The third-order valence-electron chi connectivity index (χ3n) is 3.80. The minimum atomic E-state index is -0.629. The van der Waals surface area contributed by atoms with Crippen molar-refractivity contribution in [2.45, 2.75) is 26.4 Å². The highest BCUT2D eigenvalue weighted by Crippen LogP contribution is 2.27. The Bertz CT molecular complexity index is 595. The van der Waals surface area contributed by atoms with Gasteiger partial charge in [0, 0.05) is 39.2 Å². The number of benzene rings is 1. The first-order valence-corrected chi connectivity index (χ1v) is 8.30. The molecule has 1 aromatic rings. The standard InChI is InChI=1S/C16H20Cl2N2O3/c1-11(23-13-4-5-14(17)15(18)10-13)16(22)20-7-3-6-19(8-9-20)12(2)21/h4-5,10-11H,3,6-9H2,1-2H3/t11-/m0/s1. The summed E-state index contributed by atoms with van der Waals surface area (Å²) in [6.45, 7) is 5.64. The molecule has 0 spiro atoms. The Morgan fingerprint density at radius 2 is 1.74 bits per heavy atom. The van der Waals surface area contributed by atoms with Gasteiger partial charge in [-0.2, -0.15) is 0 Å². The van der Waals surface area contributed by atoms with Gasteiger partial charge in [-0.15, -0.1) is 0 Å². The van der Waals surface area contributed by atoms with Crippen LogP contribution in [0.25, 0.3) is 0 Å². The molecule has 0 radical (unpaired) electrons. The summed E-state index contributed by atoms with van der Waals surface area (Å²) in [5.74, 6) is 0.446. The molecule has 7 heteroatoms. The first-order valence-electron chi connectivity index (χ1n) is 7.54. The zero-order valence-corrected chi connectivity index (χ0v) is 14.7. The zero-order chi connectivity index (χ0) is 17.0. The van der Waals surface area contributed by atoms with E-state index >= 15 is 0 Å². The quantitative estimate of drug-likeness (QED) is 0.834. The molecule has 0 aromatic heterocycles. The van der Waals surface area contributed by atoms with Gasteiger partial charge < -0.3 is 14.5 Å². The van der Waals surface area contributed by atoms with Gasteiger partial charge in [-0.25, -0.2) is 0 Å². The highest BCUT2D eigenvalue weighted by Gasteiger charge is 2.25. The topological polar surface area (TPSA) is 49.9 Å². The van der Waals surface area contributed by atoms with Gasteiger partial charge in [-0.3, -0.25) is 9.59 Å². The lowest BCUT2D eigenvalue weighted by atomic mass is 10.3. The summed E-state index contributed by atoms with van der Waals surface area (Å²) in [6.07, 6.45) is 0.140. The first-order chi connectivity index (χ1) is 10.9. The molecule has 1 aliphatic rings. The molecular weight excluding hydrogens is 339 g/mol. The number of carbonyl (C=O) groups excluding carboxylic acids is 2. The van der Waals surface area contributed by atoms with Crippen molar-refractivity contribution in [1.29, 1.82) is 0 Å². The number of halogens is 2. The van der Waals surface area contributed by atoms with E-state index in [9.17, 15) is 9.59 Å². The minimum Gasteiger partial charge on any atom is -0.481 e. The predicted molar refractivity (Wildman–Crippen MR) is 90.0 cm³/mol. The maximum atomic E-state index is 12.5. The molecule has 23 heavy (non-hydrogen) atoms.